The zero-order valence-electron chi connectivity index (χ0n) is 13.0. The third-order valence-corrected chi connectivity index (χ3v) is 2.75. The molecule has 0 radical (unpaired) electrons. The topological polar surface area (TPSA) is 105 Å². The fraction of sp³-hybridized carbons (Fsp3) is 0.214. The van der Waals surface area contributed by atoms with Gasteiger partial charge in [0.2, 0.25) is 11.8 Å². The van der Waals surface area contributed by atoms with Crippen molar-refractivity contribution < 1.29 is 23.7 Å². The third-order valence-electron chi connectivity index (χ3n) is 2.66. The van der Waals surface area contributed by atoms with Crippen LogP contribution in [-0.2, 0) is 4.74 Å². The molecule has 0 aliphatic rings. The number of thiocarbonyl (C=S) groups is 1. The highest BCUT2D eigenvalue weighted by Crippen LogP contribution is 2.27. The third kappa shape index (κ3) is 4.00. The van der Waals surface area contributed by atoms with Crippen molar-refractivity contribution in [1.82, 2.24) is 15.0 Å². The molecular weight excluding hydrogens is 336 g/mol. The Bertz CT molecular complexity index is 785. The highest BCUT2D eigenvalue weighted by molar-refractivity contribution is 7.78. The molecule has 10 heteroatoms. The van der Waals surface area contributed by atoms with Crippen molar-refractivity contribution in [3.05, 3.63) is 23.9 Å². The first-order valence-electron chi connectivity index (χ1n) is 6.43. The summed E-state index contributed by atoms with van der Waals surface area (Å²) < 4.78 is 20.3. The molecule has 2 heterocycles. The monoisotopic (exact) mass is 348 g/mol. The van der Waals surface area contributed by atoms with Crippen LogP contribution in [0, 0.1) is 0 Å². The van der Waals surface area contributed by atoms with Gasteiger partial charge in [-0.2, -0.15) is 15.0 Å². The number of carbonyl (C=O) groups is 1. The fourth-order valence-corrected chi connectivity index (χ4v) is 1.70. The van der Waals surface area contributed by atoms with Crippen molar-refractivity contribution >= 4 is 29.2 Å². The maximum Gasteiger partial charge on any atom is 0.360 e. The second-order valence-corrected chi connectivity index (χ2v) is 4.23. The summed E-state index contributed by atoms with van der Waals surface area (Å²) in [7, 11) is 4.09. The van der Waals surface area contributed by atoms with E-state index in [0.29, 0.717) is 0 Å². The molecule has 124 valence electrons. The highest BCUT2D eigenvalue weighted by atomic mass is 32.1. The summed E-state index contributed by atoms with van der Waals surface area (Å²) in [6.45, 7) is 0. The van der Waals surface area contributed by atoms with Gasteiger partial charge in [-0.3, -0.25) is 0 Å². The summed E-state index contributed by atoms with van der Waals surface area (Å²) in [6, 6.07) is 4.33. The smallest absolute Gasteiger partial charge is 0.360 e. The van der Waals surface area contributed by atoms with E-state index in [1.165, 1.54) is 39.5 Å². The number of hydrogen-bond donors (Lipinski definition) is 0. The van der Waals surface area contributed by atoms with Gasteiger partial charge < -0.3 is 18.9 Å². The van der Waals surface area contributed by atoms with Gasteiger partial charge in [-0.25, -0.2) is 9.78 Å². The SMILES string of the molecule is COC(=O)c1nc(N=C=S)ccc1Oc1nc(OC)cc(OC)n1. The van der Waals surface area contributed by atoms with Crippen LogP contribution >= 0.6 is 12.2 Å². The first-order chi connectivity index (χ1) is 11.6. The van der Waals surface area contributed by atoms with E-state index >= 15 is 0 Å². The van der Waals surface area contributed by atoms with Gasteiger partial charge in [-0.15, -0.1) is 0 Å². The van der Waals surface area contributed by atoms with Gasteiger partial charge in [0.15, 0.2) is 17.3 Å². The maximum atomic E-state index is 11.9. The van der Waals surface area contributed by atoms with Crippen LogP contribution in [0.4, 0.5) is 5.82 Å². The number of aliphatic imine (C=N–C) groups is 1. The summed E-state index contributed by atoms with van der Waals surface area (Å²) in [4.78, 5) is 27.6. The molecule has 2 rings (SSSR count). The Morgan fingerprint density at radius 3 is 2.33 bits per heavy atom. The molecule has 0 aliphatic heterocycles. The zero-order valence-corrected chi connectivity index (χ0v) is 13.8. The molecular formula is C14H12N4O5S. The lowest BCUT2D eigenvalue weighted by atomic mass is 10.3. The number of methoxy groups -OCH3 is 3. The van der Waals surface area contributed by atoms with Gasteiger partial charge in [0.05, 0.1) is 32.6 Å². The summed E-state index contributed by atoms with van der Waals surface area (Å²) in [5.74, 6) is -0.0126. The first-order valence-corrected chi connectivity index (χ1v) is 6.84. The van der Waals surface area contributed by atoms with E-state index in [-0.39, 0.29) is 35.0 Å². The molecule has 2 aromatic rings. The highest BCUT2D eigenvalue weighted by Gasteiger charge is 2.18. The van der Waals surface area contributed by atoms with Crippen LogP contribution in [0.15, 0.2) is 23.2 Å². The Morgan fingerprint density at radius 1 is 1.12 bits per heavy atom. The van der Waals surface area contributed by atoms with E-state index in [9.17, 15) is 4.79 Å². The number of aromatic nitrogens is 3. The van der Waals surface area contributed by atoms with Crippen molar-refractivity contribution in [3.63, 3.8) is 0 Å². The maximum absolute atomic E-state index is 11.9. The predicted molar refractivity (Wildman–Crippen MR) is 85.5 cm³/mol. The molecule has 24 heavy (non-hydrogen) atoms. The molecule has 0 N–H and O–H groups in total. The number of carbonyl (C=O) groups excluding carboxylic acids is 1. The molecule has 0 amide bonds. The van der Waals surface area contributed by atoms with Crippen LogP contribution in [0.5, 0.6) is 23.5 Å². The zero-order chi connectivity index (χ0) is 17.5. The second-order valence-electron chi connectivity index (χ2n) is 4.05. The molecule has 0 atom stereocenters. The minimum absolute atomic E-state index is 0.0699. The van der Waals surface area contributed by atoms with Gasteiger partial charge in [0.25, 0.3) is 0 Å². The largest absolute Gasteiger partial charge is 0.481 e. The molecule has 0 aromatic carbocycles. The average molecular weight is 348 g/mol. The Balaban J connectivity index is 2.45. The number of isothiocyanates is 1. The Hall–Kier alpha value is -3.10. The van der Waals surface area contributed by atoms with Crippen LogP contribution in [0.2, 0.25) is 0 Å². The lowest BCUT2D eigenvalue weighted by Crippen LogP contribution is -2.07. The molecule has 0 saturated carbocycles. The summed E-state index contributed by atoms with van der Waals surface area (Å²) in [5.41, 5.74) is -0.116. The number of ether oxygens (including phenoxy) is 4. The summed E-state index contributed by atoms with van der Waals surface area (Å²) in [5, 5.41) is 2.16. The second kappa shape index (κ2) is 7.95. The van der Waals surface area contributed by atoms with Crippen molar-refractivity contribution in [3.8, 4) is 23.5 Å². The van der Waals surface area contributed by atoms with E-state index in [0.717, 1.165) is 0 Å². The van der Waals surface area contributed by atoms with Crippen molar-refractivity contribution in [2.75, 3.05) is 21.3 Å². The van der Waals surface area contributed by atoms with Gasteiger partial charge in [-0.1, -0.05) is 0 Å². The molecule has 2 aromatic heterocycles. The van der Waals surface area contributed by atoms with Crippen LogP contribution in [0.3, 0.4) is 0 Å². The minimum Gasteiger partial charge on any atom is -0.481 e. The number of pyridine rings is 1. The Morgan fingerprint density at radius 2 is 1.79 bits per heavy atom. The van der Waals surface area contributed by atoms with E-state index in [1.807, 2.05) is 0 Å². The van der Waals surface area contributed by atoms with Crippen molar-refractivity contribution in [1.29, 1.82) is 0 Å². The van der Waals surface area contributed by atoms with E-state index in [2.05, 4.69) is 42.1 Å². The average Bonchev–Trinajstić information content (AvgIpc) is 2.62. The standard InChI is InChI=1S/C14H12N4O5S/c1-20-10-6-11(21-2)18-14(17-10)23-8-4-5-9(15-7-24)16-12(8)13(19)22-3/h4-6H,1-3H3. The Labute approximate surface area is 142 Å². The van der Waals surface area contributed by atoms with Crippen LogP contribution < -0.4 is 14.2 Å². The van der Waals surface area contributed by atoms with Gasteiger partial charge >= 0.3 is 12.0 Å². The lowest BCUT2D eigenvalue weighted by Gasteiger charge is -2.10. The molecule has 0 spiro atoms. The molecule has 0 unspecified atom stereocenters. The van der Waals surface area contributed by atoms with Crippen molar-refractivity contribution in [2.24, 2.45) is 4.99 Å². The van der Waals surface area contributed by atoms with Crippen LogP contribution in [0.25, 0.3) is 0 Å². The van der Waals surface area contributed by atoms with Gasteiger partial charge in [-0.05, 0) is 24.4 Å². The van der Waals surface area contributed by atoms with E-state index in [1.54, 1.807) is 0 Å². The first kappa shape index (κ1) is 17.3. The Kier molecular flexibility index (Phi) is 5.72. The number of rotatable bonds is 6. The molecule has 0 aliphatic carbocycles. The van der Waals surface area contributed by atoms with Gasteiger partial charge in [0, 0.05) is 0 Å². The number of hydrogen-bond acceptors (Lipinski definition) is 10. The summed E-state index contributed by atoms with van der Waals surface area (Å²) in [6.07, 6.45) is 0. The molecule has 0 bridgehead atoms. The van der Waals surface area contributed by atoms with E-state index < -0.39 is 5.97 Å². The predicted octanol–water partition coefficient (Wildman–Crippen LogP) is 2.20. The molecule has 9 nitrogen and oxygen atoms in total. The van der Waals surface area contributed by atoms with Crippen molar-refractivity contribution in [2.45, 2.75) is 0 Å². The molecule has 0 fully saturated rings. The summed E-state index contributed by atoms with van der Waals surface area (Å²) >= 11 is 4.51. The number of esters is 1. The van der Waals surface area contributed by atoms with Gasteiger partial charge in [0.1, 0.15) is 0 Å². The molecule has 0 saturated heterocycles. The normalized spacial score (nSPS) is 9.62. The number of nitrogens with zero attached hydrogens (tertiary/aromatic N) is 4. The quantitative estimate of drug-likeness (QED) is 0.441. The lowest BCUT2D eigenvalue weighted by molar-refractivity contribution is 0.0591. The minimum atomic E-state index is -0.721. The van der Waals surface area contributed by atoms with Crippen LogP contribution in [-0.4, -0.2) is 47.4 Å². The fourth-order valence-electron chi connectivity index (χ4n) is 1.61. The van der Waals surface area contributed by atoms with Crippen LogP contribution in [0.1, 0.15) is 10.5 Å². The van der Waals surface area contributed by atoms with E-state index in [4.69, 9.17) is 14.2 Å².